The van der Waals surface area contributed by atoms with E-state index in [-0.39, 0.29) is 6.61 Å². The summed E-state index contributed by atoms with van der Waals surface area (Å²) in [5.41, 5.74) is 0. The van der Waals surface area contributed by atoms with Gasteiger partial charge in [-0.25, -0.2) is 5.11 Å². The molecule has 1 rings (SSSR count). The summed E-state index contributed by atoms with van der Waals surface area (Å²) < 4.78 is 5.20. The van der Waals surface area contributed by atoms with Crippen molar-refractivity contribution < 1.29 is 9.84 Å². The Morgan fingerprint density at radius 3 is 3.00 bits per heavy atom. The predicted molar refractivity (Wildman–Crippen MR) is 42.0 cm³/mol. The summed E-state index contributed by atoms with van der Waals surface area (Å²) in [5.74, 6) is 0. The van der Waals surface area contributed by atoms with Gasteiger partial charge < -0.3 is 9.64 Å². The van der Waals surface area contributed by atoms with E-state index < -0.39 is 0 Å². The van der Waals surface area contributed by atoms with Gasteiger partial charge in [0.1, 0.15) is 0 Å². The van der Waals surface area contributed by atoms with Crippen molar-refractivity contribution in [1.82, 2.24) is 4.90 Å². The van der Waals surface area contributed by atoms with Crippen LogP contribution in [0.15, 0.2) is 0 Å². The molecule has 3 nitrogen and oxygen atoms in total. The van der Waals surface area contributed by atoms with Gasteiger partial charge in [-0.2, -0.15) is 0 Å². The average Bonchev–Trinajstić information content (AvgIpc) is 2.48. The minimum absolute atomic E-state index is 0.0498. The zero-order chi connectivity index (χ0) is 8.10. The van der Waals surface area contributed by atoms with Crippen LogP contribution in [-0.2, 0) is 9.84 Å². The van der Waals surface area contributed by atoms with E-state index in [1.807, 2.05) is 0 Å². The van der Waals surface area contributed by atoms with Crippen LogP contribution in [0.2, 0.25) is 0 Å². The molecule has 0 aromatic rings. The SMILES string of the molecule is COC1CCN(CCC[O])C1. The zero-order valence-electron chi connectivity index (χ0n) is 7.08. The molecule has 0 aliphatic carbocycles. The first-order chi connectivity index (χ1) is 5.36. The summed E-state index contributed by atoms with van der Waals surface area (Å²) in [5, 5.41) is 10.2. The van der Waals surface area contributed by atoms with Gasteiger partial charge in [-0.15, -0.1) is 0 Å². The van der Waals surface area contributed by atoms with Crippen molar-refractivity contribution in [2.75, 3.05) is 33.4 Å². The molecule has 1 radical (unpaired) electrons. The van der Waals surface area contributed by atoms with Gasteiger partial charge >= 0.3 is 0 Å². The monoisotopic (exact) mass is 158 g/mol. The molecule has 3 heteroatoms. The molecule has 1 atom stereocenters. The third-order valence-corrected chi connectivity index (χ3v) is 2.18. The van der Waals surface area contributed by atoms with E-state index in [4.69, 9.17) is 4.74 Å². The minimum Gasteiger partial charge on any atom is -0.380 e. The highest BCUT2D eigenvalue weighted by Crippen LogP contribution is 2.11. The highest BCUT2D eigenvalue weighted by Gasteiger charge is 2.20. The lowest BCUT2D eigenvalue weighted by Gasteiger charge is -2.13. The van der Waals surface area contributed by atoms with Gasteiger partial charge in [0.05, 0.1) is 12.7 Å². The number of nitrogens with zero attached hydrogens (tertiary/aromatic N) is 1. The van der Waals surface area contributed by atoms with E-state index >= 15 is 0 Å². The standard InChI is InChI=1S/C8H16NO2/c1-11-8-3-5-9(7-8)4-2-6-10/h8H,2-7H2,1H3. The predicted octanol–water partition coefficient (Wildman–Crippen LogP) is 0.528. The van der Waals surface area contributed by atoms with Crippen molar-refractivity contribution in [2.45, 2.75) is 18.9 Å². The van der Waals surface area contributed by atoms with Crippen LogP contribution in [0.4, 0.5) is 0 Å². The molecule has 0 N–H and O–H groups in total. The van der Waals surface area contributed by atoms with Gasteiger partial charge in [-0.1, -0.05) is 0 Å². The third-order valence-electron chi connectivity index (χ3n) is 2.18. The van der Waals surface area contributed by atoms with Gasteiger partial charge in [-0.05, 0) is 12.8 Å². The molecule has 11 heavy (non-hydrogen) atoms. The number of likely N-dealkylation sites (tertiary alicyclic amines) is 1. The third kappa shape index (κ3) is 2.77. The molecule has 1 heterocycles. The molecule has 1 fully saturated rings. The molecule has 0 bridgehead atoms. The summed E-state index contributed by atoms with van der Waals surface area (Å²) in [4.78, 5) is 2.30. The van der Waals surface area contributed by atoms with E-state index in [0.717, 1.165) is 32.5 Å². The molecule has 1 unspecified atom stereocenters. The first-order valence-corrected chi connectivity index (χ1v) is 4.20. The Morgan fingerprint density at radius 2 is 2.45 bits per heavy atom. The quantitative estimate of drug-likeness (QED) is 0.597. The van der Waals surface area contributed by atoms with Crippen LogP contribution in [0.1, 0.15) is 12.8 Å². The van der Waals surface area contributed by atoms with Gasteiger partial charge in [0.15, 0.2) is 0 Å². The van der Waals surface area contributed by atoms with Crippen molar-refractivity contribution in [3.63, 3.8) is 0 Å². The summed E-state index contributed by atoms with van der Waals surface area (Å²) in [6.07, 6.45) is 2.30. The lowest BCUT2D eigenvalue weighted by molar-refractivity contribution is 0.105. The van der Waals surface area contributed by atoms with Crippen LogP contribution in [0.25, 0.3) is 0 Å². The Morgan fingerprint density at radius 1 is 1.64 bits per heavy atom. The van der Waals surface area contributed by atoms with Gasteiger partial charge in [0.25, 0.3) is 0 Å². The molecular formula is C8H16NO2. The van der Waals surface area contributed by atoms with Crippen LogP contribution in [0.3, 0.4) is 0 Å². The largest absolute Gasteiger partial charge is 0.380 e. The molecule has 65 valence electrons. The molecule has 0 saturated carbocycles. The van der Waals surface area contributed by atoms with Gasteiger partial charge in [0, 0.05) is 26.7 Å². The Balaban J connectivity index is 2.09. The van der Waals surface area contributed by atoms with Crippen LogP contribution >= 0.6 is 0 Å². The minimum atomic E-state index is 0.0498. The van der Waals surface area contributed by atoms with Crippen molar-refractivity contribution in [3.8, 4) is 0 Å². The second kappa shape index (κ2) is 4.70. The second-order valence-electron chi connectivity index (χ2n) is 3.00. The fraction of sp³-hybridized carbons (Fsp3) is 1.00. The van der Waals surface area contributed by atoms with Crippen molar-refractivity contribution in [1.29, 1.82) is 0 Å². The van der Waals surface area contributed by atoms with Crippen LogP contribution in [-0.4, -0.2) is 44.4 Å². The average molecular weight is 158 g/mol. The summed E-state index contributed by atoms with van der Waals surface area (Å²) in [6, 6.07) is 0. The van der Waals surface area contributed by atoms with Crippen LogP contribution in [0, 0.1) is 0 Å². The molecule has 0 aromatic carbocycles. The van der Waals surface area contributed by atoms with Crippen LogP contribution < -0.4 is 0 Å². The Hall–Kier alpha value is -0.120. The van der Waals surface area contributed by atoms with Gasteiger partial charge in [-0.3, -0.25) is 0 Å². The normalized spacial score (nSPS) is 26.2. The Labute approximate surface area is 68.0 Å². The van der Waals surface area contributed by atoms with E-state index in [9.17, 15) is 5.11 Å². The molecule has 0 spiro atoms. The highest BCUT2D eigenvalue weighted by atomic mass is 16.5. The van der Waals surface area contributed by atoms with E-state index in [2.05, 4.69) is 4.90 Å². The molecule has 0 amide bonds. The summed E-state index contributed by atoms with van der Waals surface area (Å²) >= 11 is 0. The molecule has 1 aliphatic heterocycles. The maximum atomic E-state index is 10.2. The molecule has 1 saturated heterocycles. The van der Waals surface area contributed by atoms with Crippen molar-refractivity contribution in [3.05, 3.63) is 0 Å². The fourth-order valence-electron chi connectivity index (χ4n) is 1.48. The van der Waals surface area contributed by atoms with Gasteiger partial charge in [0.2, 0.25) is 0 Å². The van der Waals surface area contributed by atoms with Crippen molar-refractivity contribution >= 4 is 0 Å². The lowest BCUT2D eigenvalue weighted by Crippen LogP contribution is -2.24. The van der Waals surface area contributed by atoms with E-state index in [1.165, 1.54) is 0 Å². The molecule has 1 aliphatic rings. The smallest absolute Gasteiger partial charge is 0.0834 e. The maximum Gasteiger partial charge on any atom is 0.0834 e. The molecule has 0 aromatic heterocycles. The van der Waals surface area contributed by atoms with Crippen LogP contribution in [0.5, 0.6) is 0 Å². The first kappa shape index (κ1) is 8.97. The van der Waals surface area contributed by atoms with Crippen molar-refractivity contribution in [2.24, 2.45) is 0 Å². The fourth-order valence-corrected chi connectivity index (χ4v) is 1.48. The molecular weight excluding hydrogens is 142 g/mol. The lowest BCUT2D eigenvalue weighted by atomic mass is 10.3. The maximum absolute atomic E-state index is 10.2. The number of rotatable bonds is 4. The summed E-state index contributed by atoms with van der Waals surface area (Å²) in [6.45, 7) is 3.10. The van der Waals surface area contributed by atoms with E-state index in [0.29, 0.717) is 6.10 Å². The first-order valence-electron chi connectivity index (χ1n) is 4.20. The Bertz CT molecular complexity index is 108. The number of hydrogen-bond acceptors (Lipinski definition) is 2. The zero-order valence-corrected chi connectivity index (χ0v) is 7.08. The highest BCUT2D eigenvalue weighted by molar-refractivity contribution is 4.75. The number of hydrogen-bond donors (Lipinski definition) is 0. The van der Waals surface area contributed by atoms with E-state index in [1.54, 1.807) is 7.11 Å². The Kier molecular flexibility index (Phi) is 3.83. The number of ether oxygens (including phenoxy) is 1. The second-order valence-corrected chi connectivity index (χ2v) is 3.00. The topological polar surface area (TPSA) is 32.4 Å². The summed E-state index contributed by atoms with van der Waals surface area (Å²) in [7, 11) is 1.75. The number of methoxy groups -OCH3 is 1.